The molecule has 1 aromatic carbocycles. The van der Waals surface area contributed by atoms with Gasteiger partial charge < -0.3 is 19.5 Å². The zero-order chi connectivity index (χ0) is 13.6. The topological polar surface area (TPSA) is 39.7 Å². The Labute approximate surface area is 109 Å². The molecule has 0 aliphatic heterocycles. The molecule has 0 saturated carbocycles. The number of hydrogen-bond acceptors (Lipinski definition) is 4. The van der Waals surface area contributed by atoms with Crippen LogP contribution >= 0.6 is 0 Å². The van der Waals surface area contributed by atoms with Gasteiger partial charge in [-0.3, -0.25) is 0 Å². The molecule has 0 aliphatic rings. The number of nitrogens with one attached hydrogen (secondary N) is 1. The van der Waals surface area contributed by atoms with Crippen molar-refractivity contribution in [2.45, 2.75) is 32.9 Å². The van der Waals surface area contributed by atoms with Gasteiger partial charge in [0.15, 0.2) is 18.3 Å². The first kappa shape index (κ1) is 14.8. The third-order valence-electron chi connectivity index (χ3n) is 2.38. The van der Waals surface area contributed by atoms with Crippen LogP contribution in [0.15, 0.2) is 18.2 Å². The number of ether oxygens (including phenoxy) is 3. The van der Waals surface area contributed by atoms with Gasteiger partial charge in [-0.05, 0) is 38.5 Å². The second-order valence-electron chi connectivity index (χ2n) is 5.14. The smallest absolute Gasteiger partial charge is 0.188 e. The minimum absolute atomic E-state index is 0.0908. The van der Waals surface area contributed by atoms with E-state index in [4.69, 9.17) is 14.2 Å². The lowest BCUT2D eigenvalue weighted by Gasteiger charge is -2.21. The zero-order valence-corrected chi connectivity index (χ0v) is 11.9. The van der Waals surface area contributed by atoms with E-state index in [2.05, 4.69) is 26.1 Å². The zero-order valence-electron chi connectivity index (χ0n) is 11.9. The summed E-state index contributed by atoms with van der Waals surface area (Å²) < 4.78 is 15.6. The molecule has 0 atom stereocenters. The Morgan fingerprint density at radius 3 is 2.39 bits per heavy atom. The summed E-state index contributed by atoms with van der Waals surface area (Å²) in [4.78, 5) is 0. The van der Waals surface area contributed by atoms with Crippen molar-refractivity contribution in [3.63, 3.8) is 0 Å². The predicted molar refractivity (Wildman–Crippen MR) is 72.1 cm³/mol. The number of rotatable bonds is 6. The maximum atomic E-state index is 5.47. The van der Waals surface area contributed by atoms with E-state index in [0.717, 1.165) is 12.1 Å². The van der Waals surface area contributed by atoms with Crippen LogP contribution < -0.4 is 14.8 Å². The van der Waals surface area contributed by atoms with E-state index in [-0.39, 0.29) is 12.3 Å². The lowest BCUT2D eigenvalue weighted by atomic mass is 10.1. The van der Waals surface area contributed by atoms with Crippen LogP contribution in [0.4, 0.5) is 0 Å². The van der Waals surface area contributed by atoms with Crippen molar-refractivity contribution in [3.05, 3.63) is 23.8 Å². The van der Waals surface area contributed by atoms with Gasteiger partial charge in [-0.2, -0.15) is 0 Å². The highest BCUT2D eigenvalue weighted by molar-refractivity contribution is 5.42. The lowest BCUT2D eigenvalue weighted by molar-refractivity contribution is 0.0491. The Morgan fingerprint density at radius 1 is 1.11 bits per heavy atom. The fourth-order valence-electron chi connectivity index (χ4n) is 1.43. The van der Waals surface area contributed by atoms with Crippen molar-refractivity contribution in [3.8, 4) is 11.5 Å². The molecule has 0 saturated heterocycles. The minimum Gasteiger partial charge on any atom is -0.493 e. The Morgan fingerprint density at radius 2 is 1.83 bits per heavy atom. The molecule has 0 unspecified atom stereocenters. The van der Waals surface area contributed by atoms with Crippen molar-refractivity contribution in [1.82, 2.24) is 5.32 Å². The van der Waals surface area contributed by atoms with Gasteiger partial charge in [-0.15, -0.1) is 0 Å². The third kappa shape index (κ3) is 4.94. The summed E-state index contributed by atoms with van der Waals surface area (Å²) in [5.74, 6) is 1.42. The van der Waals surface area contributed by atoms with Gasteiger partial charge in [0.2, 0.25) is 0 Å². The van der Waals surface area contributed by atoms with Crippen molar-refractivity contribution in [1.29, 1.82) is 0 Å². The molecule has 1 aromatic rings. The van der Waals surface area contributed by atoms with Crippen molar-refractivity contribution in [2.24, 2.45) is 0 Å². The van der Waals surface area contributed by atoms with Crippen LogP contribution in [0.1, 0.15) is 26.3 Å². The highest BCUT2D eigenvalue weighted by Crippen LogP contribution is 2.28. The molecular weight excluding hydrogens is 230 g/mol. The van der Waals surface area contributed by atoms with Crippen LogP contribution in [0.25, 0.3) is 0 Å². The molecule has 0 aliphatic carbocycles. The molecule has 0 amide bonds. The molecule has 0 bridgehead atoms. The van der Waals surface area contributed by atoms with E-state index in [0.29, 0.717) is 11.5 Å². The number of benzene rings is 1. The molecule has 0 spiro atoms. The maximum Gasteiger partial charge on any atom is 0.188 e. The number of hydrogen-bond donors (Lipinski definition) is 1. The molecule has 0 aromatic heterocycles. The van der Waals surface area contributed by atoms with Crippen LogP contribution in [0.3, 0.4) is 0 Å². The molecule has 18 heavy (non-hydrogen) atoms. The summed E-state index contributed by atoms with van der Waals surface area (Å²) in [5.41, 5.74) is 1.24. The first-order valence-electron chi connectivity index (χ1n) is 6.00. The van der Waals surface area contributed by atoms with Crippen LogP contribution in [-0.2, 0) is 11.3 Å². The molecule has 1 rings (SSSR count). The Hall–Kier alpha value is -1.26. The van der Waals surface area contributed by atoms with E-state index >= 15 is 0 Å². The first-order valence-corrected chi connectivity index (χ1v) is 6.00. The van der Waals surface area contributed by atoms with E-state index < -0.39 is 0 Å². The highest BCUT2D eigenvalue weighted by atomic mass is 16.7. The quantitative estimate of drug-likeness (QED) is 0.791. The molecule has 1 N–H and O–H groups in total. The SMILES string of the molecule is COCOc1cc(CNC(C)(C)C)ccc1OC. The van der Waals surface area contributed by atoms with Crippen molar-refractivity contribution >= 4 is 0 Å². The maximum absolute atomic E-state index is 5.47. The summed E-state index contributed by atoms with van der Waals surface area (Å²) in [7, 11) is 3.22. The fourth-order valence-corrected chi connectivity index (χ4v) is 1.43. The molecule has 4 nitrogen and oxygen atoms in total. The average molecular weight is 253 g/mol. The average Bonchev–Trinajstić information content (AvgIpc) is 2.33. The van der Waals surface area contributed by atoms with Gasteiger partial charge in [-0.25, -0.2) is 0 Å². The van der Waals surface area contributed by atoms with E-state index in [1.54, 1.807) is 14.2 Å². The molecule has 102 valence electrons. The van der Waals surface area contributed by atoms with Crippen LogP contribution in [0, 0.1) is 0 Å². The second kappa shape index (κ2) is 6.61. The summed E-state index contributed by atoms with van der Waals surface area (Å²) in [6.45, 7) is 7.42. The molecule has 0 radical (unpaired) electrons. The summed E-state index contributed by atoms with van der Waals surface area (Å²) in [6.07, 6.45) is 0. The summed E-state index contributed by atoms with van der Waals surface area (Å²) >= 11 is 0. The van der Waals surface area contributed by atoms with Gasteiger partial charge >= 0.3 is 0 Å². The fraction of sp³-hybridized carbons (Fsp3) is 0.571. The minimum atomic E-state index is 0.0908. The lowest BCUT2D eigenvalue weighted by Crippen LogP contribution is -2.35. The third-order valence-corrected chi connectivity index (χ3v) is 2.38. The number of methoxy groups -OCH3 is 2. The Bertz CT molecular complexity index is 372. The molecule has 0 fully saturated rings. The first-order chi connectivity index (χ1) is 8.46. The van der Waals surface area contributed by atoms with Gasteiger partial charge in [0, 0.05) is 19.2 Å². The highest BCUT2D eigenvalue weighted by Gasteiger charge is 2.10. The Kier molecular flexibility index (Phi) is 5.44. The second-order valence-corrected chi connectivity index (χ2v) is 5.14. The predicted octanol–water partition coefficient (Wildman–Crippen LogP) is 2.57. The van der Waals surface area contributed by atoms with Gasteiger partial charge in [0.05, 0.1) is 7.11 Å². The molecule has 4 heteroatoms. The normalized spacial score (nSPS) is 11.4. The summed E-state index contributed by atoms with van der Waals surface area (Å²) in [5, 5.41) is 3.43. The Balaban J connectivity index is 2.75. The van der Waals surface area contributed by atoms with Crippen LogP contribution in [-0.4, -0.2) is 26.6 Å². The van der Waals surface area contributed by atoms with Crippen molar-refractivity contribution in [2.75, 3.05) is 21.0 Å². The van der Waals surface area contributed by atoms with E-state index in [1.807, 2.05) is 18.2 Å². The van der Waals surface area contributed by atoms with Gasteiger partial charge in [-0.1, -0.05) is 6.07 Å². The monoisotopic (exact) mass is 253 g/mol. The van der Waals surface area contributed by atoms with E-state index in [9.17, 15) is 0 Å². The van der Waals surface area contributed by atoms with Gasteiger partial charge in [0.1, 0.15) is 0 Å². The molecule has 0 heterocycles. The molecular formula is C14H23NO3. The van der Waals surface area contributed by atoms with Crippen molar-refractivity contribution < 1.29 is 14.2 Å². The van der Waals surface area contributed by atoms with Crippen LogP contribution in [0.2, 0.25) is 0 Å². The van der Waals surface area contributed by atoms with Gasteiger partial charge in [0.25, 0.3) is 0 Å². The van der Waals surface area contributed by atoms with E-state index in [1.165, 1.54) is 0 Å². The largest absolute Gasteiger partial charge is 0.493 e. The van der Waals surface area contributed by atoms with Crippen LogP contribution in [0.5, 0.6) is 11.5 Å². The summed E-state index contributed by atoms with van der Waals surface area (Å²) in [6, 6.07) is 5.90. The standard InChI is InChI=1S/C14H23NO3/c1-14(2,3)15-9-11-6-7-12(17-5)13(8-11)18-10-16-4/h6-8,15H,9-10H2,1-5H3.